The lowest BCUT2D eigenvalue weighted by Gasteiger charge is -2.34. The molecule has 2 unspecified atom stereocenters. The molecular weight excluding hydrogens is 226 g/mol. The van der Waals surface area contributed by atoms with Crippen LogP contribution in [0.25, 0.3) is 0 Å². The van der Waals surface area contributed by atoms with Crippen LogP contribution in [0.5, 0.6) is 0 Å². The molecule has 1 N–H and O–H groups in total. The molecule has 2 atom stereocenters. The van der Waals surface area contributed by atoms with Gasteiger partial charge in [-0.15, -0.1) is 0 Å². The molecule has 18 heavy (non-hydrogen) atoms. The molecule has 0 aromatic rings. The summed E-state index contributed by atoms with van der Waals surface area (Å²) in [7, 11) is 0. The van der Waals surface area contributed by atoms with Crippen molar-refractivity contribution < 1.29 is 9.90 Å². The van der Waals surface area contributed by atoms with Gasteiger partial charge in [-0.2, -0.15) is 0 Å². The zero-order valence-electron chi connectivity index (χ0n) is 12.2. The summed E-state index contributed by atoms with van der Waals surface area (Å²) in [5, 5.41) is 9.67. The van der Waals surface area contributed by atoms with Crippen molar-refractivity contribution in [2.75, 3.05) is 13.1 Å². The molecule has 0 saturated carbocycles. The Balaban J connectivity index is 2.52. The molecule has 0 spiro atoms. The minimum Gasteiger partial charge on any atom is -0.391 e. The van der Waals surface area contributed by atoms with E-state index in [9.17, 15) is 9.90 Å². The van der Waals surface area contributed by atoms with Gasteiger partial charge in [-0.05, 0) is 25.2 Å². The van der Waals surface area contributed by atoms with Crippen molar-refractivity contribution in [2.45, 2.75) is 65.4 Å². The Hall–Kier alpha value is -0.570. The highest BCUT2D eigenvalue weighted by Crippen LogP contribution is 2.23. The Morgan fingerprint density at radius 3 is 2.67 bits per heavy atom. The number of amides is 1. The van der Waals surface area contributed by atoms with Gasteiger partial charge in [0.1, 0.15) is 0 Å². The number of rotatable bonds is 6. The predicted octanol–water partition coefficient (Wildman–Crippen LogP) is 2.82. The fourth-order valence-electron chi connectivity index (χ4n) is 2.75. The quantitative estimate of drug-likeness (QED) is 0.741. The van der Waals surface area contributed by atoms with Crippen LogP contribution < -0.4 is 0 Å². The first kappa shape index (κ1) is 15.5. The third-order valence-corrected chi connectivity index (χ3v) is 3.95. The van der Waals surface area contributed by atoms with Crippen molar-refractivity contribution >= 4 is 5.91 Å². The molecule has 3 nitrogen and oxygen atoms in total. The highest BCUT2D eigenvalue weighted by molar-refractivity contribution is 5.79. The van der Waals surface area contributed by atoms with Gasteiger partial charge in [-0.1, -0.05) is 40.0 Å². The average Bonchev–Trinajstić information content (AvgIpc) is 2.33. The summed E-state index contributed by atoms with van der Waals surface area (Å²) in [6.07, 6.45) is 6.00. The second-order valence-corrected chi connectivity index (χ2v) is 5.93. The highest BCUT2D eigenvalue weighted by atomic mass is 16.3. The molecule has 1 aliphatic heterocycles. The summed E-state index contributed by atoms with van der Waals surface area (Å²) in [5.41, 5.74) is 0. The molecule has 0 aromatic heterocycles. The number of carbonyl (C=O) groups excluding carboxylic acids is 1. The van der Waals surface area contributed by atoms with Crippen molar-refractivity contribution in [1.29, 1.82) is 0 Å². The van der Waals surface area contributed by atoms with E-state index in [2.05, 4.69) is 20.8 Å². The van der Waals surface area contributed by atoms with Gasteiger partial charge in [0, 0.05) is 19.0 Å². The summed E-state index contributed by atoms with van der Waals surface area (Å²) < 4.78 is 0. The molecule has 0 aliphatic carbocycles. The molecule has 0 radical (unpaired) electrons. The number of likely N-dealkylation sites (tertiary alicyclic amines) is 1. The van der Waals surface area contributed by atoms with Gasteiger partial charge in [-0.3, -0.25) is 4.79 Å². The lowest BCUT2D eigenvalue weighted by Crippen LogP contribution is -2.45. The Morgan fingerprint density at radius 2 is 2.11 bits per heavy atom. The third kappa shape index (κ3) is 4.60. The number of piperidine rings is 1. The summed E-state index contributed by atoms with van der Waals surface area (Å²) in [6.45, 7) is 7.82. The van der Waals surface area contributed by atoms with Gasteiger partial charge in [-0.25, -0.2) is 0 Å². The maximum absolute atomic E-state index is 12.5. The molecule has 1 rings (SSSR count). The minimum absolute atomic E-state index is 0.141. The van der Waals surface area contributed by atoms with E-state index in [1.54, 1.807) is 0 Å². The predicted molar refractivity (Wildman–Crippen MR) is 74.3 cm³/mol. The van der Waals surface area contributed by atoms with E-state index in [0.29, 0.717) is 12.5 Å². The molecule has 106 valence electrons. The summed E-state index contributed by atoms with van der Waals surface area (Å²) in [4.78, 5) is 14.4. The maximum atomic E-state index is 12.5. The monoisotopic (exact) mass is 255 g/mol. The van der Waals surface area contributed by atoms with Gasteiger partial charge in [0.05, 0.1) is 6.10 Å². The lowest BCUT2D eigenvalue weighted by molar-refractivity contribution is -0.140. The number of aliphatic hydroxyl groups is 1. The van der Waals surface area contributed by atoms with Crippen LogP contribution in [0.15, 0.2) is 0 Å². The zero-order valence-corrected chi connectivity index (χ0v) is 12.2. The highest BCUT2D eigenvalue weighted by Gasteiger charge is 2.29. The van der Waals surface area contributed by atoms with Crippen molar-refractivity contribution in [1.82, 2.24) is 4.90 Å². The van der Waals surface area contributed by atoms with Crippen LogP contribution >= 0.6 is 0 Å². The number of carbonyl (C=O) groups is 1. The van der Waals surface area contributed by atoms with E-state index in [-0.39, 0.29) is 17.9 Å². The van der Waals surface area contributed by atoms with Crippen LogP contribution in [-0.2, 0) is 4.79 Å². The molecule has 0 aromatic carbocycles. The fourth-order valence-corrected chi connectivity index (χ4v) is 2.75. The van der Waals surface area contributed by atoms with Gasteiger partial charge in [0.15, 0.2) is 0 Å². The topological polar surface area (TPSA) is 40.5 Å². The van der Waals surface area contributed by atoms with Crippen molar-refractivity contribution in [3.63, 3.8) is 0 Å². The molecular formula is C15H29NO2. The first-order valence-corrected chi connectivity index (χ1v) is 7.53. The van der Waals surface area contributed by atoms with Crippen LogP contribution in [0.1, 0.15) is 59.3 Å². The smallest absolute Gasteiger partial charge is 0.226 e. The number of unbranched alkanes of at least 4 members (excludes halogenated alkanes) is 2. The zero-order chi connectivity index (χ0) is 13.5. The second-order valence-electron chi connectivity index (χ2n) is 5.93. The number of aliphatic hydroxyl groups excluding tert-OH is 1. The summed E-state index contributed by atoms with van der Waals surface area (Å²) >= 11 is 0. The first-order chi connectivity index (χ1) is 8.56. The average molecular weight is 255 g/mol. The lowest BCUT2D eigenvalue weighted by atomic mass is 9.88. The summed E-state index contributed by atoms with van der Waals surface area (Å²) in [6, 6.07) is 0. The molecule has 3 heteroatoms. The molecule has 1 fully saturated rings. The molecule has 1 amide bonds. The van der Waals surface area contributed by atoms with Crippen molar-refractivity contribution in [3.8, 4) is 0 Å². The van der Waals surface area contributed by atoms with Crippen LogP contribution in [0.3, 0.4) is 0 Å². The van der Waals surface area contributed by atoms with E-state index in [1.807, 2.05) is 4.90 Å². The summed E-state index contributed by atoms with van der Waals surface area (Å²) in [5.74, 6) is 0.801. The number of hydrogen-bond acceptors (Lipinski definition) is 2. The standard InChI is InChI=1S/C15H29NO2/c1-4-5-6-9-14(12(2)3)15(18)16-10-7-8-13(17)11-16/h12-14,17H,4-11H2,1-3H3. The van der Waals surface area contributed by atoms with Crippen LogP contribution in [0.2, 0.25) is 0 Å². The number of β-amino-alcohol motifs (C(OH)–C–C–N with tert-alkyl or cyclic N) is 1. The van der Waals surface area contributed by atoms with Crippen molar-refractivity contribution in [3.05, 3.63) is 0 Å². The Morgan fingerprint density at radius 1 is 1.39 bits per heavy atom. The Labute approximate surface area is 112 Å². The van der Waals surface area contributed by atoms with Crippen LogP contribution in [0.4, 0.5) is 0 Å². The van der Waals surface area contributed by atoms with E-state index in [4.69, 9.17) is 0 Å². The van der Waals surface area contributed by atoms with Gasteiger partial charge >= 0.3 is 0 Å². The van der Waals surface area contributed by atoms with Crippen molar-refractivity contribution in [2.24, 2.45) is 11.8 Å². The van der Waals surface area contributed by atoms with Gasteiger partial charge < -0.3 is 10.0 Å². The van der Waals surface area contributed by atoms with Gasteiger partial charge in [0.2, 0.25) is 5.91 Å². The Bertz CT molecular complexity index is 253. The van der Waals surface area contributed by atoms with E-state index in [0.717, 1.165) is 32.2 Å². The van der Waals surface area contributed by atoms with E-state index < -0.39 is 0 Å². The number of nitrogens with zero attached hydrogens (tertiary/aromatic N) is 1. The fraction of sp³-hybridized carbons (Fsp3) is 0.933. The maximum Gasteiger partial charge on any atom is 0.226 e. The normalized spacial score (nSPS) is 22.3. The third-order valence-electron chi connectivity index (χ3n) is 3.95. The van der Waals surface area contributed by atoms with Crippen LogP contribution in [0, 0.1) is 11.8 Å². The van der Waals surface area contributed by atoms with E-state index in [1.165, 1.54) is 12.8 Å². The molecule has 1 saturated heterocycles. The van der Waals surface area contributed by atoms with Gasteiger partial charge in [0.25, 0.3) is 0 Å². The van der Waals surface area contributed by atoms with Crippen LogP contribution in [-0.4, -0.2) is 35.1 Å². The van der Waals surface area contributed by atoms with E-state index >= 15 is 0 Å². The first-order valence-electron chi connectivity index (χ1n) is 7.53. The molecule has 1 aliphatic rings. The number of hydrogen-bond donors (Lipinski definition) is 1. The minimum atomic E-state index is -0.314. The largest absolute Gasteiger partial charge is 0.391 e. The Kier molecular flexibility index (Phi) is 6.69. The molecule has 0 bridgehead atoms. The SMILES string of the molecule is CCCCCC(C(=O)N1CCCC(O)C1)C(C)C. The molecule has 1 heterocycles. The second kappa shape index (κ2) is 7.78.